The van der Waals surface area contributed by atoms with Crippen LogP contribution in [0.3, 0.4) is 0 Å². The van der Waals surface area contributed by atoms with E-state index in [1.54, 1.807) is 0 Å². The van der Waals surface area contributed by atoms with E-state index in [1.807, 2.05) is 18.2 Å². The zero-order chi connectivity index (χ0) is 13.7. The molecule has 0 aliphatic carbocycles. The van der Waals surface area contributed by atoms with E-state index in [2.05, 4.69) is 13.8 Å². The molecular weight excluding hydrogens is 242 g/mol. The first-order valence-corrected chi connectivity index (χ1v) is 6.77. The fourth-order valence-corrected chi connectivity index (χ4v) is 1.98. The van der Waals surface area contributed by atoms with Gasteiger partial charge < -0.3 is 19.9 Å². The minimum absolute atomic E-state index is 0.210. The van der Waals surface area contributed by atoms with Crippen molar-refractivity contribution in [1.82, 2.24) is 0 Å². The van der Waals surface area contributed by atoms with Gasteiger partial charge in [0.1, 0.15) is 0 Å². The lowest BCUT2D eigenvalue weighted by molar-refractivity contribution is 0.109. The molecule has 0 saturated heterocycles. The van der Waals surface area contributed by atoms with Crippen LogP contribution in [0.15, 0.2) is 18.2 Å². The number of ether oxygens (including phenoxy) is 3. The quantitative estimate of drug-likeness (QED) is 0.770. The summed E-state index contributed by atoms with van der Waals surface area (Å²) < 4.78 is 16.3. The van der Waals surface area contributed by atoms with Crippen LogP contribution in [0.25, 0.3) is 0 Å². The summed E-state index contributed by atoms with van der Waals surface area (Å²) in [6.45, 7) is 6.77. The van der Waals surface area contributed by atoms with E-state index in [0.29, 0.717) is 13.4 Å². The monoisotopic (exact) mass is 265 g/mol. The van der Waals surface area contributed by atoms with Crippen molar-refractivity contribution in [1.29, 1.82) is 0 Å². The van der Waals surface area contributed by atoms with Crippen molar-refractivity contribution in [2.75, 3.05) is 19.9 Å². The van der Waals surface area contributed by atoms with Crippen LogP contribution in [0, 0.1) is 5.41 Å². The van der Waals surface area contributed by atoms with Gasteiger partial charge in [-0.3, -0.25) is 0 Å². The zero-order valence-electron chi connectivity index (χ0n) is 11.8. The molecular formula is C15H23NO3. The van der Waals surface area contributed by atoms with Crippen LogP contribution in [0.4, 0.5) is 0 Å². The van der Waals surface area contributed by atoms with E-state index in [4.69, 9.17) is 19.9 Å². The maximum absolute atomic E-state index is 5.70. The smallest absolute Gasteiger partial charge is 0.231 e. The standard InChI is InChI=1S/C15H23NO3/c1-15(2,10-16)6-3-7-17-9-12-4-5-13-14(8-12)19-11-18-13/h4-5,8H,3,6-7,9-11,16H2,1-2H3. The van der Waals surface area contributed by atoms with E-state index >= 15 is 0 Å². The minimum atomic E-state index is 0.210. The van der Waals surface area contributed by atoms with Crippen molar-refractivity contribution in [2.45, 2.75) is 33.3 Å². The van der Waals surface area contributed by atoms with E-state index in [0.717, 1.165) is 43.1 Å². The average molecular weight is 265 g/mol. The summed E-state index contributed by atoms with van der Waals surface area (Å²) in [5.74, 6) is 1.62. The second kappa shape index (κ2) is 6.26. The molecule has 1 heterocycles. The van der Waals surface area contributed by atoms with Crippen LogP contribution < -0.4 is 15.2 Å². The molecule has 2 rings (SSSR count). The molecule has 106 valence electrons. The molecule has 0 saturated carbocycles. The first-order chi connectivity index (χ1) is 9.11. The summed E-state index contributed by atoms with van der Waals surface area (Å²) in [7, 11) is 0. The molecule has 1 aliphatic heterocycles. The van der Waals surface area contributed by atoms with Crippen LogP contribution in [0.5, 0.6) is 11.5 Å². The van der Waals surface area contributed by atoms with Crippen molar-refractivity contribution in [3.63, 3.8) is 0 Å². The Bertz CT molecular complexity index is 418. The Balaban J connectivity index is 1.69. The number of hydrogen-bond donors (Lipinski definition) is 1. The summed E-state index contributed by atoms with van der Waals surface area (Å²) in [6, 6.07) is 5.92. The highest BCUT2D eigenvalue weighted by molar-refractivity contribution is 5.44. The highest BCUT2D eigenvalue weighted by atomic mass is 16.7. The molecule has 0 radical (unpaired) electrons. The van der Waals surface area contributed by atoms with Gasteiger partial charge in [-0.05, 0) is 42.5 Å². The SMILES string of the molecule is CC(C)(CN)CCCOCc1ccc2c(c1)OCO2. The highest BCUT2D eigenvalue weighted by Crippen LogP contribution is 2.32. The molecule has 0 bridgehead atoms. The van der Waals surface area contributed by atoms with Crippen LogP contribution >= 0.6 is 0 Å². The van der Waals surface area contributed by atoms with Gasteiger partial charge in [0.2, 0.25) is 6.79 Å². The van der Waals surface area contributed by atoms with Crippen molar-refractivity contribution in [2.24, 2.45) is 11.1 Å². The fraction of sp³-hybridized carbons (Fsp3) is 0.600. The van der Waals surface area contributed by atoms with Crippen molar-refractivity contribution in [3.8, 4) is 11.5 Å². The van der Waals surface area contributed by atoms with Crippen LogP contribution in [-0.2, 0) is 11.3 Å². The van der Waals surface area contributed by atoms with Crippen LogP contribution in [-0.4, -0.2) is 19.9 Å². The first kappa shape index (κ1) is 14.2. The normalized spacial score (nSPS) is 13.8. The average Bonchev–Trinajstić information content (AvgIpc) is 2.85. The van der Waals surface area contributed by atoms with Gasteiger partial charge in [0, 0.05) is 6.61 Å². The Morgan fingerprint density at radius 1 is 1.26 bits per heavy atom. The topological polar surface area (TPSA) is 53.7 Å². The van der Waals surface area contributed by atoms with Crippen molar-refractivity contribution >= 4 is 0 Å². The summed E-state index contributed by atoms with van der Waals surface area (Å²) in [6.07, 6.45) is 2.12. The van der Waals surface area contributed by atoms with E-state index < -0.39 is 0 Å². The summed E-state index contributed by atoms with van der Waals surface area (Å²) in [5.41, 5.74) is 7.02. The third kappa shape index (κ3) is 4.11. The number of hydrogen-bond acceptors (Lipinski definition) is 4. The molecule has 0 fully saturated rings. The lowest BCUT2D eigenvalue weighted by Crippen LogP contribution is -2.23. The van der Waals surface area contributed by atoms with Gasteiger partial charge >= 0.3 is 0 Å². The summed E-state index contributed by atoms with van der Waals surface area (Å²) >= 11 is 0. The third-order valence-electron chi connectivity index (χ3n) is 3.40. The molecule has 0 unspecified atom stereocenters. The number of fused-ring (bicyclic) bond motifs is 1. The molecule has 2 N–H and O–H groups in total. The maximum Gasteiger partial charge on any atom is 0.231 e. The number of nitrogens with two attached hydrogens (primary N) is 1. The Kier molecular flexibility index (Phi) is 4.66. The largest absolute Gasteiger partial charge is 0.454 e. The maximum atomic E-state index is 5.70. The number of benzene rings is 1. The van der Waals surface area contributed by atoms with Gasteiger partial charge in [-0.2, -0.15) is 0 Å². The molecule has 4 nitrogen and oxygen atoms in total. The van der Waals surface area contributed by atoms with Crippen LogP contribution in [0.1, 0.15) is 32.3 Å². The molecule has 1 aromatic carbocycles. The molecule has 0 amide bonds. The second-order valence-corrected chi connectivity index (χ2v) is 5.71. The Morgan fingerprint density at radius 3 is 2.84 bits per heavy atom. The second-order valence-electron chi connectivity index (χ2n) is 5.71. The lowest BCUT2D eigenvalue weighted by Gasteiger charge is -2.21. The summed E-state index contributed by atoms with van der Waals surface area (Å²) in [5, 5.41) is 0. The molecule has 4 heteroatoms. The van der Waals surface area contributed by atoms with Crippen molar-refractivity contribution in [3.05, 3.63) is 23.8 Å². The van der Waals surface area contributed by atoms with Gasteiger partial charge in [0.05, 0.1) is 6.61 Å². The fourth-order valence-electron chi connectivity index (χ4n) is 1.98. The molecule has 0 aromatic heterocycles. The van der Waals surface area contributed by atoms with Gasteiger partial charge in [0.15, 0.2) is 11.5 Å². The zero-order valence-corrected chi connectivity index (χ0v) is 11.8. The predicted octanol–water partition coefficient (Wildman–Crippen LogP) is 2.70. The summed E-state index contributed by atoms with van der Waals surface area (Å²) in [4.78, 5) is 0. The lowest BCUT2D eigenvalue weighted by atomic mass is 9.88. The third-order valence-corrected chi connectivity index (χ3v) is 3.40. The van der Waals surface area contributed by atoms with E-state index in [9.17, 15) is 0 Å². The molecule has 0 atom stereocenters. The predicted molar refractivity (Wildman–Crippen MR) is 74.3 cm³/mol. The van der Waals surface area contributed by atoms with Gasteiger partial charge in [-0.1, -0.05) is 19.9 Å². The first-order valence-electron chi connectivity index (χ1n) is 6.77. The molecule has 1 aliphatic rings. The van der Waals surface area contributed by atoms with Crippen LogP contribution in [0.2, 0.25) is 0 Å². The highest BCUT2D eigenvalue weighted by Gasteiger charge is 2.15. The van der Waals surface area contributed by atoms with Gasteiger partial charge in [0.25, 0.3) is 0 Å². The van der Waals surface area contributed by atoms with Gasteiger partial charge in [-0.25, -0.2) is 0 Å². The molecule has 19 heavy (non-hydrogen) atoms. The van der Waals surface area contributed by atoms with Crippen molar-refractivity contribution < 1.29 is 14.2 Å². The Hall–Kier alpha value is -1.26. The Morgan fingerprint density at radius 2 is 2.05 bits per heavy atom. The molecule has 1 aromatic rings. The minimum Gasteiger partial charge on any atom is -0.454 e. The van der Waals surface area contributed by atoms with E-state index in [1.165, 1.54) is 0 Å². The molecule has 0 spiro atoms. The Labute approximate surface area is 114 Å². The number of rotatable bonds is 7. The van der Waals surface area contributed by atoms with Gasteiger partial charge in [-0.15, -0.1) is 0 Å². The van der Waals surface area contributed by atoms with E-state index in [-0.39, 0.29) is 5.41 Å².